The van der Waals surface area contributed by atoms with E-state index in [0.717, 1.165) is 14.4 Å². The van der Waals surface area contributed by atoms with Crippen molar-refractivity contribution in [2.75, 3.05) is 5.73 Å². The average molecular weight is 348 g/mol. The van der Waals surface area contributed by atoms with Crippen LogP contribution in [0.3, 0.4) is 0 Å². The maximum Gasteiger partial charge on any atom is 0.212 e. The van der Waals surface area contributed by atoms with E-state index in [0.29, 0.717) is 5.82 Å². The standard InChI is InChI=1S/C10H13IN4S/c1-10(2,3)7-6(11)8(12)15(14-7)9-13-4-5-16-9/h4-5H,12H2,1-3H3. The van der Waals surface area contributed by atoms with Gasteiger partial charge in [0.05, 0.1) is 9.26 Å². The van der Waals surface area contributed by atoms with E-state index in [9.17, 15) is 0 Å². The summed E-state index contributed by atoms with van der Waals surface area (Å²) in [7, 11) is 0. The van der Waals surface area contributed by atoms with Gasteiger partial charge in [0.25, 0.3) is 0 Å². The second-order valence-electron chi connectivity index (χ2n) is 4.52. The number of anilines is 1. The molecule has 0 aliphatic carbocycles. The SMILES string of the molecule is CC(C)(C)c1nn(-c2nccs2)c(N)c1I. The summed E-state index contributed by atoms with van der Waals surface area (Å²) in [6.07, 6.45) is 1.75. The molecular formula is C10H13IN4S. The third-order valence-electron chi connectivity index (χ3n) is 2.17. The minimum atomic E-state index is -0.00679. The number of aromatic nitrogens is 3. The van der Waals surface area contributed by atoms with Gasteiger partial charge in [0, 0.05) is 17.0 Å². The maximum atomic E-state index is 6.05. The number of rotatable bonds is 1. The lowest BCUT2D eigenvalue weighted by Crippen LogP contribution is -2.14. The van der Waals surface area contributed by atoms with Gasteiger partial charge < -0.3 is 5.73 Å². The highest BCUT2D eigenvalue weighted by atomic mass is 127. The largest absolute Gasteiger partial charge is 0.383 e. The Balaban J connectivity index is 2.59. The highest BCUT2D eigenvalue weighted by molar-refractivity contribution is 14.1. The Bertz CT molecular complexity index is 496. The van der Waals surface area contributed by atoms with Crippen molar-refractivity contribution in [2.24, 2.45) is 0 Å². The van der Waals surface area contributed by atoms with Crippen molar-refractivity contribution in [1.82, 2.24) is 14.8 Å². The van der Waals surface area contributed by atoms with Crippen LogP contribution in [0.2, 0.25) is 0 Å². The fourth-order valence-corrected chi connectivity index (χ4v) is 3.11. The molecule has 0 atom stereocenters. The molecule has 2 rings (SSSR count). The minimum absolute atomic E-state index is 0.00679. The smallest absolute Gasteiger partial charge is 0.212 e. The molecule has 0 amide bonds. The van der Waals surface area contributed by atoms with Crippen LogP contribution in [-0.2, 0) is 5.41 Å². The molecule has 0 bridgehead atoms. The van der Waals surface area contributed by atoms with Gasteiger partial charge in [0.1, 0.15) is 5.82 Å². The molecule has 16 heavy (non-hydrogen) atoms. The van der Waals surface area contributed by atoms with Crippen LogP contribution in [0, 0.1) is 3.57 Å². The molecule has 0 saturated carbocycles. The second kappa shape index (κ2) is 3.99. The van der Waals surface area contributed by atoms with E-state index in [2.05, 4.69) is 53.4 Å². The first-order valence-corrected chi connectivity index (χ1v) is 6.81. The molecular weight excluding hydrogens is 335 g/mol. The molecule has 0 aromatic carbocycles. The molecule has 0 aliphatic heterocycles. The van der Waals surface area contributed by atoms with E-state index in [1.165, 1.54) is 11.3 Å². The number of nitrogen functional groups attached to an aromatic ring is 1. The monoisotopic (exact) mass is 348 g/mol. The van der Waals surface area contributed by atoms with Gasteiger partial charge in [-0.2, -0.15) is 9.78 Å². The zero-order chi connectivity index (χ0) is 11.9. The van der Waals surface area contributed by atoms with E-state index >= 15 is 0 Å². The van der Waals surface area contributed by atoms with Gasteiger partial charge >= 0.3 is 0 Å². The third-order valence-corrected chi connectivity index (χ3v) is 3.98. The van der Waals surface area contributed by atoms with E-state index in [1.54, 1.807) is 10.9 Å². The molecule has 0 spiro atoms. The topological polar surface area (TPSA) is 56.7 Å². The first-order chi connectivity index (χ1) is 7.41. The van der Waals surface area contributed by atoms with Crippen LogP contribution in [0.1, 0.15) is 26.5 Å². The predicted octanol–water partition coefficient (Wildman–Crippen LogP) is 2.81. The first-order valence-electron chi connectivity index (χ1n) is 4.85. The lowest BCUT2D eigenvalue weighted by molar-refractivity contribution is 0.557. The quantitative estimate of drug-likeness (QED) is 0.807. The first kappa shape index (κ1) is 11.8. The Hall–Kier alpha value is -0.630. The Morgan fingerprint density at radius 3 is 2.56 bits per heavy atom. The Labute approximate surface area is 112 Å². The predicted molar refractivity (Wildman–Crippen MR) is 75.1 cm³/mol. The van der Waals surface area contributed by atoms with Crippen molar-refractivity contribution in [1.29, 1.82) is 0 Å². The molecule has 6 heteroatoms. The molecule has 2 aromatic heterocycles. The fraction of sp³-hybridized carbons (Fsp3) is 0.400. The van der Waals surface area contributed by atoms with Crippen molar-refractivity contribution in [3.05, 3.63) is 20.8 Å². The number of thiazole rings is 1. The van der Waals surface area contributed by atoms with E-state index in [-0.39, 0.29) is 5.41 Å². The van der Waals surface area contributed by atoms with Gasteiger partial charge in [-0.25, -0.2) is 4.98 Å². The van der Waals surface area contributed by atoms with Crippen LogP contribution in [0.5, 0.6) is 0 Å². The van der Waals surface area contributed by atoms with E-state index in [4.69, 9.17) is 5.73 Å². The second-order valence-corrected chi connectivity index (χ2v) is 6.48. The van der Waals surface area contributed by atoms with Gasteiger partial charge in [0.15, 0.2) is 0 Å². The zero-order valence-electron chi connectivity index (χ0n) is 9.36. The van der Waals surface area contributed by atoms with Crippen LogP contribution in [0.15, 0.2) is 11.6 Å². The number of hydrogen-bond acceptors (Lipinski definition) is 4. The fourth-order valence-electron chi connectivity index (χ4n) is 1.36. The highest BCUT2D eigenvalue weighted by Crippen LogP contribution is 2.31. The lowest BCUT2D eigenvalue weighted by Gasteiger charge is -2.15. The van der Waals surface area contributed by atoms with Crippen molar-refractivity contribution in [2.45, 2.75) is 26.2 Å². The summed E-state index contributed by atoms with van der Waals surface area (Å²) in [4.78, 5) is 4.22. The lowest BCUT2D eigenvalue weighted by atomic mass is 9.92. The average Bonchev–Trinajstić information content (AvgIpc) is 2.75. The molecule has 0 unspecified atom stereocenters. The molecule has 0 aliphatic rings. The number of nitrogens with two attached hydrogens (primary N) is 1. The number of halogens is 1. The van der Waals surface area contributed by atoms with Crippen LogP contribution in [0.4, 0.5) is 5.82 Å². The van der Waals surface area contributed by atoms with Crippen LogP contribution in [0.25, 0.3) is 5.13 Å². The normalized spacial score (nSPS) is 12.0. The summed E-state index contributed by atoms with van der Waals surface area (Å²) in [6.45, 7) is 6.38. The molecule has 0 saturated heterocycles. The number of nitrogens with zero attached hydrogens (tertiary/aromatic N) is 3. The summed E-state index contributed by atoms with van der Waals surface area (Å²) < 4.78 is 2.73. The molecule has 2 aromatic rings. The van der Waals surface area contributed by atoms with E-state index in [1.807, 2.05) is 5.38 Å². The minimum Gasteiger partial charge on any atom is -0.383 e. The summed E-state index contributed by atoms with van der Waals surface area (Å²) in [5, 5.41) is 7.28. The van der Waals surface area contributed by atoms with Crippen LogP contribution >= 0.6 is 33.9 Å². The van der Waals surface area contributed by atoms with Crippen molar-refractivity contribution >= 4 is 39.7 Å². The Morgan fingerprint density at radius 2 is 2.12 bits per heavy atom. The Morgan fingerprint density at radius 1 is 1.44 bits per heavy atom. The summed E-state index contributed by atoms with van der Waals surface area (Å²) >= 11 is 3.77. The Kier molecular flexibility index (Phi) is 2.95. The molecule has 2 heterocycles. The van der Waals surface area contributed by atoms with Gasteiger partial charge in [-0.05, 0) is 22.6 Å². The number of hydrogen-bond donors (Lipinski definition) is 1. The molecule has 2 N–H and O–H groups in total. The van der Waals surface area contributed by atoms with E-state index < -0.39 is 0 Å². The summed E-state index contributed by atoms with van der Waals surface area (Å²) in [5.41, 5.74) is 7.06. The van der Waals surface area contributed by atoms with Crippen LogP contribution in [-0.4, -0.2) is 14.8 Å². The molecule has 0 radical (unpaired) electrons. The van der Waals surface area contributed by atoms with Gasteiger partial charge in [-0.3, -0.25) is 0 Å². The molecule has 0 fully saturated rings. The highest BCUT2D eigenvalue weighted by Gasteiger charge is 2.25. The van der Waals surface area contributed by atoms with Crippen LogP contribution < -0.4 is 5.73 Å². The van der Waals surface area contributed by atoms with Gasteiger partial charge in [-0.15, -0.1) is 11.3 Å². The maximum absolute atomic E-state index is 6.05. The third kappa shape index (κ3) is 1.95. The zero-order valence-corrected chi connectivity index (χ0v) is 12.3. The molecule has 86 valence electrons. The van der Waals surface area contributed by atoms with Crippen molar-refractivity contribution < 1.29 is 0 Å². The van der Waals surface area contributed by atoms with Gasteiger partial charge in [0.2, 0.25) is 5.13 Å². The summed E-state index contributed by atoms with van der Waals surface area (Å²) in [6, 6.07) is 0. The van der Waals surface area contributed by atoms with Gasteiger partial charge in [-0.1, -0.05) is 20.8 Å². The van der Waals surface area contributed by atoms with Crippen molar-refractivity contribution in [3.63, 3.8) is 0 Å². The molecule has 4 nitrogen and oxygen atoms in total. The summed E-state index contributed by atoms with van der Waals surface area (Å²) in [5.74, 6) is 0.667. The van der Waals surface area contributed by atoms with Crippen molar-refractivity contribution in [3.8, 4) is 5.13 Å².